The fourth-order valence-corrected chi connectivity index (χ4v) is 1.99. The van der Waals surface area contributed by atoms with Crippen molar-refractivity contribution in [2.45, 2.75) is 0 Å². The molecular formula is C13H7Cl2N. The molecule has 0 unspecified atom stereocenters. The lowest BCUT2D eigenvalue weighted by atomic mass is 10.0. The second-order valence-electron chi connectivity index (χ2n) is 3.22. The van der Waals surface area contributed by atoms with Crippen molar-refractivity contribution in [1.29, 1.82) is 0 Å². The van der Waals surface area contributed by atoms with E-state index in [0.29, 0.717) is 10.0 Å². The first kappa shape index (κ1) is 11.0. The molecule has 0 saturated carbocycles. The van der Waals surface area contributed by atoms with Crippen LogP contribution < -0.4 is 0 Å². The van der Waals surface area contributed by atoms with Crippen LogP contribution in [-0.2, 0) is 0 Å². The van der Waals surface area contributed by atoms with Gasteiger partial charge in [0.15, 0.2) is 0 Å². The molecule has 16 heavy (non-hydrogen) atoms. The van der Waals surface area contributed by atoms with E-state index in [9.17, 15) is 0 Å². The summed E-state index contributed by atoms with van der Waals surface area (Å²) in [5, 5.41) is 1.16. The zero-order chi connectivity index (χ0) is 11.5. The van der Waals surface area contributed by atoms with Gasteiger partial charge in [-0.25, -0.2) is 0 Å². The van der Waals surface area contributed by atoms with Crippen LogP contribution in [0.1, 0.15) is 5.56 Å². The molecule has 0 aliphatic heterocycles. The summed E-state index contributed by atoms with van der Waals surface area (Å²) >= 11 is 11.9. The first-order chi connectivity index (χ1) is 7.70. The Morgan fingerprint density at radius 2 is 1.81 bits per heavy atom. The minimum Gasteiger partial charge on any atom is -0.264 e. The maximum atomic E-state index is 5.94. The van der Waals surface area contributed by atoms with Crippen LogP contribution in [0.4, 0.5) is 0 Å². The lowest BCUT2D eigenvalue weighted by Gasteiger charge is -2.05. The van der Waals surface area contributed by atoms with Gasteiger partial charge in [-0.1, -0.05) is 29.1 Å². The van der Waals surface area contributed by atoms with Crippen molar-refractivity contribution >= 4 is 23.2 Å². The third-order valence-electron chi connectivity index (χ3n) is 2.15. The standard InChI is InChI=1S/C13H7Cl2N/c1-2-9-3-4-16-8-13(9)10-5-11(14)7-12(15)6-10/h1,3-8H. The quantitative estimate of drug-likeness (QED) is 0.694. The topological polar surface area (TPSA) is 12.9 Å². The Hall–Kier alpha value is -1.49. The van der Waals surface area contributed by atoms with Crippen LogP contribution in [0.5, 0.6) is 0 Å². The van der Waals surface area contributed by atoms with Crippen molar-refractivity contribution in [3.8, 4) is 23.5 Å². The monoisotopic (exact) mass is 247 g/mol. The van der Waals surface area contributed by atoms with Crippen molar-refractivity contribution in [3.05, 3.63) is 52.3 Å². The van der Waals surface area contributed by atoms with Crippen LogP contribution in [0.25, 0.3) is 11.1 Å². The first-order valence-corrected chi connectivity index (χ1v) is 5.33. The molecule has 0 amide bonds. The van der Waals surface area contributed by atoms with Crippen LogP contribution in [0, 0.1) is 12.3 Å². The minimum absolute atomic E-state index is 0.578. The maximum absolute atomic E-state index is 5.94. The number of hydrogen-bond donors (Lipinski definition) is 0. The summed E-state index contributed by atoms with van der Waals surface area (Å²) in [4.78, 5) is 4.05. The van der Waals surface area contributed by atoms with E-state index in [1.54, 1.807) is 24.5 Å². The number of halogens is 2. The van der Waals surface area contributed by atoms with E-state index in [-0.39, 0.29) is 0 Å². The average Bonchev–Trinajstić information content (AvgIpc) is 2.27. The zero-order valence-corrected chi connectivity index (χ0v) is 9.76. The van der Waals surface area contributed by atoms with Gasteiger partial charge < -0.3 is 0 Å². The molecule has 1 nitrogen and oxygen atoms in total. The molecule has 0 fully saturated rings. The number of pyridine rings is 1. The highest BCUT2D eigenvalue weighted by atomic mass is 35.5. The predicted molar refractivity (Wildman–Crippen MR) is 67.6 cm³/mol. The minimum atomic E-state index is 0.578. The van der Waals surface area contributed by atoms with Crippen molar-refractivity contribution in [2.24, 2.45) is 0 Å². The number of terminal acetylenes is 1. The van der Waals surface area contributed by atoms with Crippen LogP contribution in [0.15, 0.2) is 36.7 Å². The zero-order valence-electron chi connectivity index (χ0n) is 8.24. The maximum Gasteiger partial charge on any atom is 0.0426 e. The molecular weight excluding hydrogens is 241 g/mol. The van der Waals surface area contributed by atoms with Gasteiger partial charge in [0.1, 0.15) is 0 Å². The smallest absolute Gasteiger partial charge is 0.0426 e. The van der Waals surface area contributed by atoms with Gasteiger partial charge in [-0.15, -0.1) is 6.42 Å². The van der Waals surface area contributed by atoms with E-state index in [0.717, 1.165) is 16.7 Å². The van der Waals surface area contributed by atoms with Crippen molar-refractivity contribution in [2.75, 3.05) is 0 Å². The molecule has 0 radical (unpaired) electrons. The molecule has 0 atom stereocenters. The summed E-state index contributed by atoms with van der Waals surface area (Å²) in [7, 11) is 0. The number of rotatable bonds is 1. The summed E-state index contributed by atoms with van der Waals surface area (Å²) in [5.41, 5.74) is 2.50. The van der Waals surface area contributed by atoms with Crippen molar-refractivity contribution < 1.29 is 0 Å². The van der Waals surface area contributed by atoms with Crippen LogP contribution in [0.3, 0.4) is 0 Å². The van der Waals surface area contributed by atoms with Crippen molar-refractivity contribution in [3.63, 3.8) is 0 Å². The van der Waals surface area contributed by atoms with Gasteiger partial charge in [-0.2, -0.15) is 0 Å². The number of aromatic nitrogens is 1. The summed E-state index contributed by atoms with van der Waals surface area (Å²) in [5.74, 6) is 2.61. The largest absolute Gasteiger partial charge is 0.264 e. The molecule has 1 aromatic carbocycles. The highest BCUT2D eigenvalue weighted by Gasteiger charge is 2.05. The Labute approximate surface area is 104 Å². The van der Waals surface area contributed by atoms with Gasteiger partial charge in [0.05, 0.1) is 0 Å². The van der Waals surface area contributed by atoms with E-state index < -0.39 is 0 Å². The third kappa shape index (κ3) is 2.19. The predicted octanol–water partition coefficient (Wildman–Crippen LogP) is 4.04. The molecule has 0 spiro atoms. The van der Waals surface area contributed by atoms with Gasteiger partial charge in [0, 0.05) is 33.6 Å². The Morgan fingerprint density at radius 1 is 1.12 bits per heavy atom. The fourth-order valence-electron chi connectivity index (χ4n) is 1.46. The molecule has 0 N–H and O–H groups in total. The van der Waals surface area contributed by atoms with E-state index in [1.165, 1.54) is 0 Å². The molecule has 0 bridgehead atoms. The molecule has 0 aliphatic carbocycles. The van der Waals surface area contributed by atoms with E-state index in [1.807, 2.05) is 12.1 Å². The van der Waals surface area contributed by atoms with Gasteiger partial charge in [-0.3, -0.25) is 4.98 Å². The lowest BCUT2D eigenvalue weighted by molar-refractivity contribution is 1.32. The van der Waals surface area contributed by atoms with Crippen LogP contribution in [0.2, 0.25) is 10.0 Å². The van der Waals surface area contributed by atoms with E-state index in [4.69, 9.17) is 29.6 Å². The van der Waals surface area contributed by atoms with Gasteiger partial charge in [0.2, 0.25) is 0 Å². The first-order valence-electron chi connectivity index (χ1n) is 4.58. The van der Waals surface area contributed by atoms with Crippen LogP contribution in [-0.4, -0.2) is 4.98 Å². The van der Waals surface area contributed by atoms with Crippen LogP contribution >= 0.6 is 23.2 Å². The SMILES string of the molecule is C#Cc1ccncc1-c1cc(Cl)cc(Cl)c1. The second kappa shape index (κ2) is 4.57. The number of hydrogen-bond acceptors (Lipinski definition) is 1. The summed E-state index contributed by atoms with van der Waals surface area (Å²) in [6, 6.07) is 7.08. The van der Waals surface area contributed by atoms with Gasteiger partial charge >= 0.3 is 0 Å². The molecule has 1 aromatic heterocycles. The highest BCUT2D eigenvalue weighted by Crippen LogP contribution is 2.28. The molecule has 78 valence electrons. The number of benzene rings is 1. The average molecular weight is 248 g/mol. The highest BCUT2D eigenvalue weighted by molar-refractivity contribution is 6.35. The normalized spacial score (nSPS) is 9.81. The Kier molecular flexibility index (Phi) is 3.14. The van der Waals surface area contributed by atoms with E-state index >= 15 is 0 Å². The third-order valence-corrected chi connectivity index (χ3v) is 2.59. The second-order valence-corrected chi connectivity index (χ2v) is 4.10. The number of nitrogens with zero attached hydrogens (tertiary/aromatic N) is 1. The summed E-state index contributed by atoms with van der Waals surface area (Å²) in [6.45, 7) is 0. The molecule has 0 saturated heterocycles. The molecule has 3 heteroatoms. The molecule has 0 aliphatic rings. The molecule has 2 aromatic rings. The lowest BCUT2D eigenvalue weighted by Crippen LogP contribution is -1.86. The molecule has 1 heterocycles. The van der Waals surface area contributed by atoms with Gasteiger partial charge in [-0.05, 0) is 29.8 Å². The Bertz CT molecular complexity index is 550. The molecule has 2 rings (SSSR count). The fraction of sp³-hybridized carbons (Fsp3) is 0. The van der Waals surface area contributed by atoms with E-state index in [2.05, 4.69) is 10.9 Å². The van der Waals surface area contributed by atoms with Crippen molar-refractivity contribution in [1.82, 2.24) is 4.98 Å². The summed E-state index contributed by atoms with van der Waals surface area (Å²) < 4.78 is 0. The summed E-state index contributed by atoms with van der Waals surface area (Å²) in [6.07, 6.45) is 8.78. The van der Waals surface area contributed by atoms with Gasteiger partial charge in [0.25, 0.3) is 0 Å². The Balaban J connectivity index is 2.63. The Morgan fingerprint density at radius 3 is 2.44 bits per heavy atom.